The van der Waals surface area contributed by atoms with Gasteiger partial charge in [-0.15, -0.1) is 0 Å². The van der Waals surface area contributed by atoms with Crippen LogP contribution in [0.3, 0.4) is 0 Å². The van der Waals surface area contributed by atoms with Gasteiger partial charge in [-0.25, -0.2) is 0 Å². The lowest BCUT2D eigenvalue weighted by Crippen LogP contribution is -2.32. The van der Waals surface area contributed by atoms with E-state index in [0.29, 0.717) is 17.3 Å². The summed E-state index contributed by atoms with van der Waals surface area (Å²) in [6.07, 6.45) is -0.328. The molecule has 15 heavy (non-hydrogen) atoms. The molecule has 1 aliphatic rings. The maximum absolute atomic E-state index is 10.5. The maximum atomic E-state index is 10.5. The number of nitrogens with one attached hydrogen (secondary N) is 1. The fraction of sp³-hybridized carbons (Fsp3) is 0.300. The lowest BCUT2D eigenvalue weighted by atomic mass is 10.2. The van der Waals surface area contributed by atoms with Crippen LogP contribution in [0.5, 0.6) is 5.75 Å². The van der Waals surface area contributed by atoms with E-state index >= 15 is 0 Å². The Kier molecular flexibility index (Phi) is 2.68. The van der Waals surface area contributed by atoms with E-state index in [1.807, 2.05) is 0 Å². The van der Waals surface area contributed by atoms with E-state index in [4.69, 9.17) is 21.4 Å². The van der Waals surface area contributed by atoms with Crippen LogP contribution in [-0.4, -0.2) is 23.7 Å². The molecule has 2 rings (SSSR count). The highest BCUT2D eigenvalue weighted by molar-refractivity contribution is 6.30. The standard InChI is InChI=1S/C10H10ClNO3/c11-6-1-2-9-8(3-6)12-5-7(15-9)4-10(13)14/h1-3,7,12H,4-5H2,(H,13,14). The number of carbonyl (C=O) groups is 1. The number of ether oxygens (including phenoxy) is 1. The van der Waals surface area contributed by atoms with Crippen LogP contribution in [0.15, 0.2) is 18.2 Å². The number of halogens is 1. The second kappa shape index (κ2) is 3.98. The summed E-state index contributed by atoms with van der Waals surface area (Å²) in [7, 11) is 0. The minimum Gasteiger partial charge on any atom is -0.486 e. The molecule has 0 saturated heterocycles. The highest BCUT2D eigenvalue weighted by atomic mass is 35.5. The van der Waals surface area contributed by atoms with Crippen LogP contribution in [0.25, 0.3) is 0 Å². The van der Waals surface area contributed by atoms with E-state index in [-0.39, 0.29) is 12.5 Å². The molecule has 1 aromatic rings. The van der Waals surface area contributed by atoms with Crippen LogP contribution in [0, 0.1) is 0 Å². The summed E-state index contributed by atoms with van der Waals surface area (Å²) in [5, 5.41) is 12.3. The smallest absolute Gasteiger partial charge is 0.307 e. The van der Waals surface area contributed by atoms with Gasteiger partial charge in [0.25, 0.3) is 0 Å². The molecule has 1 aliphatic heterocycles. The molecule has 1 unspecified atom stereocenters. The fourth-order valence-electron chi connectivity index (χ4n) is 1.50. The summed E-state index contributed by atoms with van der Waals surface area (Å²) in [6, 6.07) is 5.21. The number of hydrogen-bond donors (Lipinski definition) is 2. The van der Waals surface area contributed by atoms with Crippen molar-refractivity contribution in [2.45, 2.75) is 12.5 Å². The lowest BCUT2D eigenvalue weighted by Gasteiger charge is -2.26. The SMILES string of the molecule is O=C(O)CC1CNc2cc(Cl)ccc2O1. The fourth-order valence-corrected chi connectivity index (χ4v) is 1.67. The third-order valence-corrected chi connectivity index (χ3v) is 2.39. The molecule has 2 N–H and O–H groups in total. The predicted molar refractivity (Wildman–Crippen MR) is 56.6 cm³/mol. The summed E-state index contributed by atoms with van der Waals surface area (Å²) in [6.45, 7) is 0.486. The monoisotopic (exact) mass is 227 g/mol. The van der Waals surface area contributed by atoms with Crippen LogP contribution in [0.2, 0.25) is 5.02 Å². The van der Waals surface area contributed by atoms with Gasteiger partial charge in [-0.1, -0.05) is 11.6 Å². The van der Waals surface area contributed by atoms with E-state index in [0.717, 1.165) is 5.69 Å². The highest BCUT2D eigenvalue weighted by Gasteiger charge is 2.21. The number of aliphatic carboxylic acids is 1. The quantitative estimate of drug-likeness (QED) is 0.811. The van der Waals surface area contributed by atoms with Crippen molar-refractivity contribution in [3.8, 4) is 5.75 Å². The summed E-state index contributed by atoms with van der Waals surface area (Å²) in [5.41, 5.74) is 0.809. The number of fused-ring (bicyclic) bond motifs is 1. The summed E-state index contributed by atoms with van der Waals surface area (Å²) in [4.78, 5) is 10.5. The summed E-state index contributed by atoms with van der Waals surface area (Å²) >= 11 is 5.81. The maximum Gasteiger partial charge on any atom is 0.307 e. The number of anilines is 1. The number of benzene rings is 1. The van der Waals surface area contributed by atoms with Gasteiger partial charge in [0.2, 0.25) is 0 Å². The largest absolute Gasteiger partial charge is 0.486 e. The van der Waals surface area contributed by atoms with Crippen molar-refractivity contribution >= 4 is 23.3 Å². The zero-order valence-electron chi connectivity index (χ0n) is 7.87. The van der Waals surface area contributed by atoms with Gasteiger partial charge in [-0.05, 0) is 18.2 Å². The molecule has 0 saturated carbocycles. The van der Waals surface area contributed by atoms with Gasteiger partial charge in [0.1, 0.15) is 11.9 Å². The molecular weight excluding hydrogens is 218 g/mol. The van der Waals surface area contributed by atoms with Crippen molar-refractivity contribution in [3.05, 3.63) is 23.2 Å². The number of carboxylic acids is 1. The first kappa shape index (κ1) is 10.1. The van der Waals surface area contributed by atoms with Crippen molar-refractivity contribution in [1.82, 2.24) is 0 Å². The molecule has 0 aliphatic carbocycles. The Labute approximate surface area is 91.8 Å². The van der Waals surface area contributed by atoms with E-state index in [1.165, 1.54) is 0 Å². The minimum atomic E-state index is -0.862. The second-order valence-electron chi connectivity index (χ2n) is 3.36. The van der Waals surface area contributed by atoms with Gasteiger partial charge < -0.3 is 15.2 Å². The van der Waals surface area contributed by atoms with Gasteiger partial charge in [-0.2, -0.15) is 0 Å². The molecule has 1 heterocycles. The molecule has 1 aromatic carbocycles. The Morgan fingerprint density at radius 3 is 3.20 bits per heavy atom. The van der Waals surface area contributed by atoms with Gasteiger partial charge in [-0.3, -0.25) is 4.79 Å². The van der Waals surface area contributed by atoms with Gasteiger partial charge >= 0.3 is 5.97 Å². The van der Waals surface area contributed by atoms with E-state index < -0.39 is 5.97 Å². The number of hydrogen-bond acceptors (Lipinski definition) is 3. The van der Waals surface area contributed by atoms with Crippen molar-refractivity contribution in [3.63, 3.8) is 0 Å². The molecule has 0 aromatic heterocycles. The topological polar surface area (TPSA) is 58.6 Å². The van der Waals surface area contributed by atoms with Gasteiger partial charge in [0.15, 0.2) is 0 Å². The van der Waals surface area contributed by atoms with Crippen molar-refractivity contribution in [1.29, 1.82) is 0 Å². The Balaban J connectivity index is 2.13. The van der Waals surface area contributed by atoms with Gasteiger partial charge in [0, 0.05) is 5.02 Å². The molecule has 1 atom stereocenters. The highest BCUT2D eigenvalue weighted by Crippen LogP contribution is 2.31. The number of carboxylic acid groups (broad SMARTS) is 1. The van der Waals surface area contributed by atoms with Crippen molar-refractivity contribution < 1.29 is 14.6 Å². The van der Waals surface area contributed by atoms with Gasteiger partial charge in [0.05, 0.1) is 18.7 Å². The predicted octanol–water partition coefficient (Wildman–Crippen LogP) is 1.99. The van der Waals surface area contributed by atoms with Crippen molar-refractivity contribution in [2.75, 3.05) is 11.9 Å². The van der Waals surface area contributed by atoms with Crippen LogP contribution >= 0.6 is 11.6 Å². The molecule has 80 valence electrons. The minimum absolute atomic E-state index is 0.00489. The second-order valence-corrected chi connectivity index (χ2v) is 3.80. The third kappa shape index (κ3) is 2.33. The van der Waals surface area contributed by atoms with Crippen molar-refractivity contribution in [2.24, 2.45) is 0 Å². The molecule has 0 fully saturated rings. The van der Waals surface area contributed by atoms with Crippen LogP contribution in [0.1, 0.15) is 6.42 Å². The van der Waals surface area contributed by atoms with E-state index in [1.54, 1.807) is 18.2 Å². The zero-order chi connectivity index (χ0) is 10.8. The normalized spacial score (nSPS) is 18.6. The summed E-state index contributed by atoms with van der Waals surface area (Å²) < 4.78 is 5.50. The summed E-state index contributed by atoms with van der Waals surface area (Å²) in [5.74, 6) is -0.212. The first-order chi connectivity index (χ1) is 7.15. The average Bonchev–Trinajstić information content (AvgIpc) is 2.17. The Hall–Kier alpha value is -1.42. The van der Waals surface area contributed by atoms with Crippen LogP contribution in [0.4, 0.5) is 5.69 Å². The van der Waals surface area contributed by atoms with E-state index in [2.05, 4.69) is 5.32 Å². The van der Waals surface area contributed by atoms with E-state index in [9.17, 15) is 4.79 Å². The van der Waals surface area contributed by atoms with Crippen LogP contribution < -0.4 is 10.1 Å². The molecule has 0 bridgehead atoms. The average molecular weight is 228 g/mol. The molecule has 0 spiro atoms. The first-order valence-corrected chi connectivity index (χ1v) is 4.95. The molecular formula is C10H10ClNO3. The molecule has 5 heteroatoms. The molecule has 4 nitrogen and oxygen atoms in total. The molecule has 0 radical (unpaired) electrons. The Bertz CT molecular complexity index is 394. The Morgan fingerprint density at radius 2 is 2.47 bits per heavy atom. The zero-order valence-corrected chi connectivity index (χ0v) is 8.62. The Morgan fingerprint density at radius 1 is 1.67 bits per heavy atom. The third-order valence-electron chi connectivity index (χ3n) is 2.16. The lowest BCUT2D eigenvalue weighted by molar-refractivity contribution is -0.138. The van der Waals surface area contributed by atoms with Crippen LogP contribution in [-0.2, 0) is 4.79 Å². The number of rotatable bonds is 2. The first-order valence-electron chi connectivity index (χ1n) is 4.57. The molecule has 0 amide bonds.